The Morgan fingerprint density at radius 1 is 1.14 bits per heavy atom. The fourth-order valence-corrected chi connectivity index (χ4v) is 4.03. The van der Waals surface area contributed by atoms with Gasteiger partial charge in [-0.25, -0.2) is 4.79 Å². The van der Waals surface area contributed by atoms with Crippen molar-refractivity contribution < 1.29 is 9.53 Å². The summed E-state index contributed by atoms with van der Waals surface area (Å²) < 4.78 is 5.67. The fraction of sp³-hybridized carbons (Fsp3) is 0.458. The second-order valence-corrected chi connectivity index (χ2v) is 9.00. The summed E-state index contributed by atoms with van der Waals surface area (Å²) >= 11 is 0. The number of piperidine rings is 1. The van der Waals surface area contributed by atoms with Gasteiger partial charge in [0.1, 0.15) is 5.60 Å². The molecule has 2 unspecified atom stereocenters. The third kappa shape index (κ3) is 5.17. The molecule has 1 amide bonds. The molecule has 0 radical (unpaired) electrons. The van der Waals surface area contributed by atoms with Crippen molar-refractivity contribution in [1.29, 1.82) is 0 Å². The monoisotopic (exact) mass is 395 g/mol. The highest BCUT2D eigenvalue weighted by Gasteiger charge is 2.44. The summed E-state index contributed by atoms with van der Waals surface area (Å²) in [6, 6.07) is 18.5. The van der Waals surface area contributed by atoms with E-state index in [1.165, 1.54) is 5.56 Å². The van der Waals surface area contributed by atoms with Crippen molar-refractivity contribution in [2.75, 3.05) is 13.1 Å². The highest BCUT2D eigenvalue weighted by Crippen LogP contribution is 2.30. The largest absolute Gasteiger partial charge is 0.444 e. The first kappa shape index (κ1) is 21.3. The number of hydrogen-bond acceptors (Lipinski definition) is 4. The van der Waals surface area contributed by atoms with Crippen molar-refractivity contribution >= 4 is 6.09 Å². The van der Waals surface area contributed by atoms with E-state index in [1.807, 2.05) is 39.0 Å². The summed E-state index contributed by atoms with van der Waals surface area (Å²) in [5.41, 5.74) is 15.1. The van der Waals surface area contributed by atoms with E-state index in [9.17, 15) is 4.79 Å². The molecule has 1 fully saturated rings. The Kier molecular flexibility index (Phi) is 6.30. The maximum atomic E-state index is 12.9. The van der Waals surface area contributed by atoms with Crippen molar-refractivity contribution in [3.8, 4) is 11.1 Å². The maximum absolute atomic E-state index is 12.9. The Labute approximate surface area is 174 Å². The second kappa shape index (κ2) is 8.56. The molecule has 0 bridgehead atoms. The van der Waals surface area contributed by atoms with E-state index in [2.05, 4.69) is 36.4 Å². The number of benzene rings is 2. The molecule has 5 heteroatoms. The summed E-state index contributed by atoms with van der Waals surface area (Å²) in [6.07, 6.45) is 1.96. The lowest BCUT2D eigenvalue weighted by Crippen LogP contribution is -2.67. The van der Waals surface area contributed by atoms with Crippen molar-refractivity contribution in [1.82, 2.24) is 4.90 Å². The van der Waals surface area contributed by atoms with Gasteiger partial charge in [-0.05, 0) is 56.7 Å². The SMILES string of the molecule is CC(C)(C)OC(=O)N1CCCC(N)(CN)C1Cc1cccc(-c2ccccc2)c1. The van der Waals surface area contributed by atoms with E-state index in [1.54, 1.807) is 4.90 Å². The van der Waals surface area contributed by atoms with Crippen LogP contribution >= 0.6 is 0 Å². The molecule has 1 aliphatic heterocycles. The zero-order valence-electron chi connectivity index (χ0n) is 17.7. The number of nitrogens with two attached hydrogens (primary N) is 2. The molecule has 0 aliphatic carbocycles. The molecule has 3 rings (SSSR count). The minimum Gasteiger partial charge on any atom is -0.444 e. The number of hydrogen-bond donors (Lipinski definition) is 2. The van der Waals surface area contributed by atoms with Crippen molar-refractivity contribution in [3.63, 3.8) is 0 Å². The molecule has 0 aromatic heterocycles. The van der Waals surface area contributed by atoms with Crippen molar-refractivity contribution in [2.24, 2.45) is 11.5 Å². The van der Waals surface area contributed by atoms with Crippen LogP contribution in [-0.2, 0) is 11.2 Å². The zero-order chi connectivity index (χ0) is 21.1. The molecular formula is C24H33N3O2. The zero-order valence-corrected chi connectivity index (χ0v) is 17.7. The highest BCUT2D eigenvalue weighted by atomic mass is 16.6. The molecule has 29 heavy (non-hydrogen) atoms. The van der Waals surface area contributed by atoms with Gasteiger partial charge in [-0.3, -0.25) is 0 Å². The number of amides is 1. The molecule has 5 nitrogen and oxygen atoms in total. The van der Waals surface area contributed by atoms with Gasteiger partial charge in [0.25, 0.3) is 0 Å². The molecule has 1 aliphatic rings. The Morgan fingerprint density at radius 3 is 2.48 bits per heavy atom. The number of rotatable bonds is 4. The van der Waals surface area contributed by atoms with Crippen molar-refractivity contribution in [3.05, 3.63) is 60.2 Å². The lowest BCUT2D eigenvalue weighted by Gasteiger charge is -2.47. The lowest BCUT2D eigenvalue weighted by atomic mass is 9.79. The molecule has 0 spiro atoms. The predicted octanol–water partition coefficient (Wildman–Crippen LogP) is 3.95. The van der Waals surface area contributed by atoms with Crippen molar-refractivity contribution in [2.45, 2.75) is 57.2 Å². The summed E-state index contributed by atoms with van der Waals surface area (Å²) in [5.74, 6) is 0. The molecule has 4 N–H and O–H groups in total. The van der Waals surface area contributed by atoms with Crippen LogP contribution in [0.2, 0.25) is 0 Å². The van der Waals surface area contributed by atoms with Crippen LogP contribution in [0.1, 0.15) is 39.2 Å². The first-order chi connectivity index (χ1) is 13.7. The van der Waals surface area contributed by atoms with Crippen LogP contribution in [0, 0.1) is 0 Å². The molecule has 1 heterocycles. The molecule has 2 aromatic rings. The van der Waals surface area contributed by atoms with Gasteiger partial charge in [0.05, 0.1) is 6.04 Å². The number of ether oxygens (including phenoxy) is 1. The van der Waals surface area contributed by atoms with E-state index in [4.69, 9.17) is 16.2 Å². The van der Waals surface area contributed by atoms with Gasteiger partial charge in [-0.2, -0.15) is 0 Å². The highest BCUT2D eigenvalue weighted by molar-refractivity contribution is 5.69. The fourth-order valence-electron chi connectivity index (χ4n) is 4.03. The van der Waals surface area contributed by atoms with Crippen LogP contribution in [0.5, 0.6) is 0 Å². The van der Waals surface area contributed by atoms with Crippen LogP contribution in [0.3, 0.4) is 0 Å². The third-order valence-corrected chi connectivity index (χ3v) is 5.55. The normalized spacial score (nSPS) is 22.4. The average molecular weight is 396 g/mol. The van der Waals surface area contributed by atoms with Gasteiger partial charge in [0.2, 0.25) is 0 Å². The van der Waals surface area contributed by atoms with Crippen LogP contribution in [-0.4, -0.2) is 41.3 Å². The van der Waals surface area contributed by atoms with Gasteiger partial charge in [-0.15, -0.1) is 0 Å². The van der Waals surface area contributed by atoms with E-state index in [0.717, 1.165) is 24.0 Å². The predicted molar refractivity (Wildman–Crippen MR) is 118 cm³/mol. The quantitative estimate of drug-likeness (QED) is 0.821. The summed E-state index contributed by atoms with van der Waals surface area (Å²) in [4.78, 5) is 14.7. The molecule has 2 aromatic carbocycles. The number of likely N-dealkylation sites (tertiary alicyclic amines) is 1. The van der Waals surface area contributed by atoms with Gasteiger partial charge >= 0.3 is 6.09 Å². The second-order valence-electron chi connectivity index (χ2n) is 9.00. The maximum Gasteiger partial charge on any atom is 0.410 e. The van der Waals surface area contributed by atoms with E-state index >= 15 is 0 Å². The topological polar surface area (TPSA) is 81.6 Å². The van der Waals surface area contributed by atoms with E-state index in [0.29, 0.717) is 19.5 Å². The molecular weight excluding hydrogens is 362 g/mol. The van der Waals surface area contributed by atoms with E-state index in [-0.39, 0.29) is 12.1 Å². The van der Waals surface area contributed by atoms with Crippen LogP contribution < -0.4 is 11.5 Å². The Morgan fingerprint density at radius 2 is 1.83 bits per heavy atom. The summed E-state index contributed by atoms with van der Waals surface area (Å²) in [6.45, 7) is 6.61. The minimum absolute atomic E-state index is 0.206. The number of carbonyl (C=O) groups excluding carboxylic acids is 1. The lowest BCUT2D eigenvalue weighted by molar-refractivity contribution is -0.00386. The van der Waals surface area contributed by atoms with Gasteiger partial charge in [0.15, 0.2) is 0 Å². The Bertz CT molecular complexity index is 832. The van der Waals surface area contributed by atoms with Crippen LogP contribution in [0.4, 0.5) is 4.79 Å². The molecule has 156 valence electrons. The van der Waals surface area contributed by atoms with Crippen LogP contribution in [0.15, 0.2) is 54.6 Å². The standard InChI is InChI=1S/C24H33N3O2/c1-23(2,3)29-22(28)27-14-8-13-24(26,17-25)21(27)16-18-9-7-12-20(15-18)19-10-5-4-6-11-19/h4-7,9-12,15,21H,8,13-14,16-17,25-26H2,1-3H3. The Hall–Kier alpha value is -2.37. The van der Waals surface area contributed by atoms with Gasteiger partial charge in [0, 0.05) is 18.6 Å². The minimum atomic E-state index is -0.627. The average Bonchev–Trinajstić information content (AvgIpc) is 2.69. The van der Waals surface area contributed by atoms with Crippen LogP contribution in [0.25, 0.3) is 11.1 Å². The van der Waals surface area contributed by atoms with Gasteiger partial charge < -0.3 is 21.1 Å². The number of nitrogens with zero attached hydrogens (tertiary/aromatic N) is 1. The summed E-state index contributed by atoms with van der Waals surface area (Å²) in [5, 5.41) is 0. The van der Waals surface area contributed by atoms with Gasteiger partial charge in [-0.1, -0.05) is 54.6 Å². The third-order valence-electron chi connectivity index (χ3n) is 5.55. The smallest absolute Gasteiger partial charge is 0.410 e. The molecule has 0 saturated carbocycles. The number of carbonyl (C=O) groups is 1. The summed E-state index contributed by atoms with van der Waals surface area (Å²) in [7, 11) is 0. The van der Waals surface area contributed by atoms with E-state index < -0.39 is 11.1 Å². The first-order valence-corrected chi connectivity index (χ1v) is 10.3. The molecule has 1 saturated heterocycles. The first-order valence-electron chi connectivity index (χ1n) is 10.3. The molecule has 2 atom stereocenters. The Balaban J connectivity index is 1.89.